The molecule has 2 aromatic heterocycles. The number of benzene rings is 1. The number of hydrogen-bond donors (Lipinski definition) is 0. The summed E-state index contributed by atoms with van der Waals surface area (Å²) in [5.74, 6) is -0.525. The van der Waals surface area contributed by atoms with Gasteiger partial charge in [-0.1, -0.05) is 29.0 Å². The fourth-order valence-electron chi connectivity index (χ4n) is 4.73. The van der Waals surface area contributed by atoms with Crippen molar-refractivity contribution >= 4 is 65.6 Å². The number of piperidine rings is 1. The molecule has 0 radical (unpaired) electrons. The van der Waals surface area contributed by atoms with E-state index in [4.69, 9.17) is 21.3 Å². The van der Waals surface area contributed by atoms with Crippen LogP contribution in [0, 0.1) is 19.8 Å². The molecule has 1 aromatic carbocycles. The van der Waals surface area contributed by atoms with E-state index in [9.17, 15) is 13.2 Å². The number of aromatic nitrogens is 1. The van der Waals surface area contributed by atoms with Gasteiger partial charge < -0.3 is 4.74 Å². The maximum atomic E-state index is 13.9. The Kier molecular flexibility index (Phi) is 7.22. The number of anilines is 1. The normalized spacial score (nSPS) is 21.6. The monoisotopic (exact) mass is 553 g/mol. The molecule has 4 heterocycles. The average Bonchev–Trinajstić information content (AvgIpc) is 3.61. The van der Waals surface area contributed by atoms with Gasteiger partial charge >= 0.3 is 0 Å². The summed E-state index contributed by atoms with van der Waals surface area (Å²) in [4.78, 5) is 20.5. The molecule has 2 fully saturated rings. The molecule has 2 aliphatic rings. The van der Waals surface area contributed by atoms with Gasteiger partial charge in [-0.25, -0.2) is 13.4 Å². The number of sulfonamides is 1. The summed E-state index contributed by atoms with van der Waals surface area (Å²) < 4.78 is 35.4. The zero-order valence-electron chi connectivity index (χ0n) is 19.7. The van der Waals surface area contributed by atoms with Crippen LogP contribution >= 0.6 is 34.3 Å². The van der Waals surface area contributed by atoms with Crippen molar-refractivity contribution in [1.29, 1.82) is 0 Å². The summed E-state index contributed by atoms with van der Waals surface area (Å²) in [5.41, 5.74) is 3.18. The van der Waals surface area contributed by atoms with Gasteiger partial charge in [-0.05, 0) is 68.9 Å². The first-order chi connectivity index (χ1) is 16.7. The van der Waals surface area contributed by atoms with Crippen molar-refractivity contribution in [2.45, 2.75) is 49.8 Å². The van der Waals surface area contributed by atoms with E-state index in [0.717, 1.165) is 45.5 Å². The van der Waals surface area contributed by atoms with Gasteiger partial charge in [0.15, 0.2) is 5.13 Å². The Morgan fingerprint density at radius 3 is 2.74 bits per heavy atom. The second kappa shape index (κ2) is 10.1. The maximum Gasteiger partial charge on any atom is 0.252 e. The predicted octanol–water partition coefficient (Wildman–Crippen LogP) is 5.24. The summed E-state index contributed by atoms with van der Waals surface area (Å²) in [6, 6.07) is 7.25. The minimum Gasteiger partial charge on any atom is -0.376 e. The molecule has 2 atom stereocenters. The fourth-order valence-corrected chi connectivity index (χ4v) is 8.93. The van der Waals surface area contributed by atoms with Gasteiger partial charge in [-0.2, -0.15) is 4.31 Å². The number of carbonyl (C=O) groups excluding carboxylic acids is 1. The summed E-state index contributed by atoms with van der Waals surface area (Å²) in [6.07, 6.45) is 3.10. The number of halogens is 1. The minimum absolute atomic E-state index is 0.0366. The molecule has 11 heteroatoms. The predicted molar refractivity (Wildman–Crippen MR) is 141 cm³/mol. The van der Waals surface area contributed by atoms with Gasteiger partial charge in [0.2, 0.25) is 5.91 Å². The van der Waals surface area contributed by atoms with Gasteiger partial charge in [-0.15, -0.1) is 11.3 Å². The molecule has 35 heavy (non-hydrogen) atoms. The van der Waals surface area contributed by atoms with Crippen LogP contribution < -0.4 is 4.90 Å². The molecular weight excluding hydrogens is 526 g/mol. The molecule has 2 unspecified atom stereocenters. The number of thiazole rings is 1. The second-order valence-corrected chi connectivity index (χ2v) is 14.1. The van der Waals surface area contributed by atoms with Crippen LogP contribution in [-0.2, 0) is 19.6 Å². The zero-order valence-corrected chi connectivity index (χ0v) is 22.9. The molecule has 3 aromatic rings. The van der Waals surface area contributed by atoms with Crippen LogP contribution in [0.4, 0.5) is 5.13 Å². The minimum atomic E-state index is -3.69. The zero-order chi connectivity index (χ0) is 24.7. The number of hydrogen-bond acceptors (Lipinski definition) is 7. The van der Waals surface area contributed by atoms with Crippen LogP contribution in [0.25, 0.3) is 10.2 Å². The fraction of sp³-hybridized carbons (Fsp3) is 0.500. The van der Waals surface area contributed by atoms with E-state index in [1.165, 1.54) is 21.7 Å². The van der Waals surface area contributed by atoms with Gasteiger partial charge in [0.1, 0.15) is 4.21 Å². The van der Waals surface area contributed by atoms with Crippen molar-refractivity contribution in [1.82, 2.24) is 9.29 Å². The van der Waals surface area contributed by atoms with Crippen molar-refractivity contribution in [3.05, 3.63) is 39.7 Å². The van der Waals surface area contributed by atoms with E-state index in [0.29, 0.717) is 42.0 Å². The van der Waals surface area contributed by atoms with E-state index in [2.05, 4.69) is 19.1 Å². The molecule has 0 N–H and O–H groups in total. The number of amides is 1. The van der Waals surface area contributed by atoms with Crippen molar-refractivity contribution in [3.8, 4) is 0 Å². The largest absolute Gasteiger partial charge is 0.376 e. The van der Waals surface area contributed by atoms with Gasteiger partial charge in [0.25, 0.3) is 10.0 Å². The molecule has 2 aliphatic heterocycles. The van der Waals surface area contributed by atoms with Crippen LogP contribution in [0.2, 0.25) is 4.34 Å². The van der Waals surface area contributed by atoms with Gasteiger partial charge in [0, 0.05) is 19.7 Å². The second-order valence-electron chi connectivity index (χ2n) is 9.20. The SMILES string of the molecule is Cc1ccc2sc(N(CC3CCCO3)C(=O)C3CCCN(S(=O)(=O)c4ccc(Cl)s4)C3)nc2c1C. The van der Waals surface area contributed by atoms with Crippen LogP contribution in [0.5, 0.6) is 0 Å². The lowest BCUT2D eigenvalue weighted by molar-refractivity contribution is -0.123. The molecule has 5 rings (SSSR count). The molecular formula is C24H28ClN3O4S3. The Morgan fingerprint density at radius 1 is 1.20 bits per heavy atom. The summed E-state index contributed by atoms with van der Waals surface area (Å²) in [6.45, 7) is 5.79. The molecule has 188 valence electrons. The number of rotatable bonds is 6. The van der Waals surface area contributed by atoms with Crippen LogP contribution in [0.1, 0.15) is 36.8 Å². The number of carbonyl (C=O) groups is 1. The van der Waals surface area contributed by atoms with Crippen molar-refractivity contribution < 1.29 is 17.9 Å². The third-order valence-corrected chi connectivity index (χ3v) is 11.5. The molecule has 1 amide bonds. The molecule has 0 spiro atoms. The number of nitrogens with zero attached hydrogens (tertiary/aromatic N) is 3. The quantitative estimate of drug-likeness (QED) is 0.417. The van der Waals surface area contributed by atoms with Crippen molar-refractivity contribution in [3.63, 3.8) is 0 Å². The first kappa shape index (κ1) is 25.1. The molecule has 7 nitrogen and oxygen atoms in total. The summed E-state index contributed by atoms with van der Waals surface area (Å²) >= 11 is 8.53. The van der Waals surface area contributed by atoms with Gasteiger partial charge in [-0.3, -0.25) is 9.69 Å². The lowest BCUT2D eigenvalue weighted by Gasteiger charge is -2.34. The number of aryl methyl sites for hydroxylation is 2. The van der Waals surface area contributed by atoms with E-state index < -0.39 is 15.9 Å². The molecule has 2 saturated heterocycles. The number of ether oxygens (including phenoxy) is 1. The smallest absolute Gasteiger partial charge is 0.252 e. The first-order valence-electron chi connectivity index (χ1n) is 11.8. The lowest BCUT2D eigenvalue weighted by atomic mass is 9.98. The molecule has 0 aliphatic carbocycles. The van der Waals surface area contributed by atoms with Crippen LogP contribution in [-0.4, -0.2) is 56.0 Å². The Balaban J connectivity index is 1.43. The molecule has 0 bridgehead atoms. The van der Waals surface area contributed by atoms with E-state index in [1.807, 2.05) is 6.92 Å². The van der Waals surface area contributed by atoms with E-state index >= 15 is 0 Å². The first-order valence-corrected chi connectivity index (χ1v) is 15.2. The van der Waals surface area contributed by atoms with Crippen LogP contribution in [0.3, 0.4) is 0 Å². The Morgan fingerprint density at radius 2 is 2.03 bits per heavy atom. The lowest BCUT2D eigenvalue weighted by Crippen LogP contribution is -2.48. The van der Waals surface area contributed by atoms with Gasteiger partial charge in [0.05, 0.1) is 33.1 Å². The Labute approximate surface area is 218 Å². The highest BCUT2D eigenvalue weighted by molar-refractivity contribution is 7.91. The van der Waals surface area contributed by atoms with Crippen molar-refractivity contribution in [2.24, 2.45) is 5.92 Å². The van der Waals surface area contributed by atoms with Crippen molar-refractivity contribution in [2.75, 3.05) is 31.1 Å². The highest BCUT2D eigenvalue weighted by atomic mass is 35.5. The topological polar surface area (TPSA) is 79.8 Å². The highest BCUT2D eigenvalue weighted by Crippen LogP contribution is 2.35. The standard InChI is InChI=1S/C24H28ClN3O4S3/c1-15-7-8-19-22(16(15)2)26-24(33-19)28(14-18-6-4-12-32-18)23(29)17-5-3-11-27(13-17)35(30,31)21-10-9-20(25)34-21/h7-10,17-18H,3-6,11-14H2,1-2H3. The van der Waals surface area contributed by atoms with E-state index in [1.54, 1.807) is 11.0 Å². The summed E-state index contributed by atoms with van der Waals surface area (Å²) in [5, 5.41) is 0.652. The Bertz CT molecular complexity index is 1350. The third kappa shape index (κ3) is 5.01. The summed E-state index contributed by atoms with van der Waals surface area (Å²) in [7, 11) is -3.69. The molecule has 0 saturated carbocycles. The number of fused-ring (bicyclic) bond motifs is 1. The maximum absolute atomic E-state index is 13.9. The third-order valence-electron chi connectivity index (χ3n) is 6.86. The number of thiophene rings is 1. The van der Waals surface area contributed by atoms with Crippen LogP contribution in [0.15, 0.2) is 28.5 Å². The Hall–Kier alpha value is -1.56. The highest BCUT2D eigenvalue weighted by Gasteiger charge is 2.37. The van der Waals surface area contributed by atoms with E-state index in [-0.39, 0.29) is 22.8 Å². The average molecular weight is 554 g/mol.